The van der Waals surface area contributed by atoms with Crippen LogP contribution in [0.25, 0.3) is 22.4 Å². The van der Waals surface area contributed by atoms with Crippen molar-refractivity contribution >= 4 is 0 Å². The van der Waals surface area contributed by atoms with Crippen LogP contribution in [0.5, 0.6) is 0 Å². The SMILES string of the molecule is Cc1cnc(-c2cccc(-c3ccccc3)c2)cc1C. The highest BCUT2D eigenvalue weighted by atomic mass is 14.7. The van der Waals surface area contributed by atoms with E-state index < -0.39 is 0 Å². The molecule has 0 N–H and O–H groups in total. The van der Waals surface area contributed by atoms with Gasteiger partial charge >= 0.3 is 0 Å². The molecule has 1 heteroatoms. The Labute approximate surface area is 119 Å². The van der Waals surface area contributed by atoms with E-state index in [4.69, 9.17) is 0 Å². The van der Waals surface area contributed by atoms with Crippen LogP contribution < -0.4 is 0 Å². The van der Waals surface area contributed by atoms with E-state index in [1.807, 2.05) is 12.3 Å². The van der Waals surface area contributed by atoms with Crippen molar-refractivity contribution < 1.29 is 0 Å². The topological polar surface area (TPSA) is 12.9 Å². The molecule has 0 atom stereocenters. The van der Waals surface area contributed by atoms with Crippen molar-refractivity contribution in [2.24, 2.45) is 0 Å². The van der Waals surface area contributed by atoms with Crippen LogP contribution >= 0.6 is 0 Å². The lowest BCUT2D eigenvalue weighted by atomic mass is 10.0. The Morgan fingerprint density at radius 1 is 0.650 bits per heavy atom. The van der Waals surface area contributed by atoms with Gasteiger partial charge in [0.15, 0.2) is 0 Å². The van der Waals surface area contributed by atoms with Gasteiger partial charge in [-0.05, 0) is 48.2 Å². The highest BCUT2D eigenvalue weighted by molar-refractivity contribution is 5.71. The zero-order chi connectivity index (χ0) is 13.9. The van der Waals surface area contributed by atoms with Crippen LogP contribution in [0.1, 0.15) is 11.1 Å². The molecule has 1 aromatic heterocycles. The summed E-state index contributed by atoms with van der Waals surface area (Å²) in [5.74, 6) is 0. The maximum atomic E-state index is 4.54. The van der Waals surface area contributed by atoms with Crippen LogP contribution in [-0.4, -0.2) is 4.98 Å². The van der Waals surface area contributed by atoms with E-state index in [0.717, 1.165) is 11.3 Å². The van der Waals surface area contributed by atoms with Crippen LogP contribution in [0.15, 0.2) is 66.9 Å². The van der Waals surface area contributed by atoms with Gasteiger partial charge in [-0.25, -0.2) is 0 Å². The first-order chi connectivity index (χ1) is 9.74. The fourth-order valence-corrected chi connectivity index (χ4v) is 2.27. The summed E-state index contributed by atoms with van der Waals surface area (Å²) in [6, 6.07) is 21.1. The van der Waals surface area contributed by atoms with Gasteiger partial charge in [-0.1, -0.05) is 48.5 Å². The molecule has 2 aromatic carbocycles. The van der Waals surface area contributed by atoms with E-state index in [1.54, 1.807) is 0 Å². The second kappa shape index (κ2) is 5.30. The summed E-state index contributed by atoms with van der Waals surface area (Å²) in [5.41, 5.74) is 7.16. The zero-order valence-corrected chi connectivity index (χ0v) is 11.8. The molecule has 0 aliphatic carbocycles. The van der Waals surface area contributed by atoms with Crippen molar-refractivity contribution in [3.8, 4) is 22.4 Å². The Morgan fingerprint density at radius 2 is 1.35 bits per heavy atom. The fourth-order valence-electron chi connectivity index (χ4n) is 2.27. The Morgan fingerprint density at radius 3 is 2.10 bits per heavy atom. The number of rotatable bonds is 2. The molecule has 0 amide bonds. The fraction of sp³-hybridized carbons (Fsp3) is 0.105. The Hall–Kier alpha value is -2.41. The second-order valence-corrected chi connectivity index (χ2v) is 5.10. The number of hydrogen-bond acceptors (Lipinski definition) is 1. The molecule has 0 aliphatic rings. The third kappa shape index (κ3) is 2.48. The van der Waals surface area contributed by atoms with Gasteiger partial charge in [-0.3, -0.25) is 4.98 Å². The number of nitrogens with zero attached hydrogens (tertiary/aromatic N) is 1. The average molecular weight is 259 g/mol. The molecule has 0 saturated heterocycles. The van der Waals surface area contributed by atoms with Crippen molar-refractivity contribution in [1.82, 2.24) is 4.98 Å². The van der Waals surface area contributed by atoms with Crippen LogP contribution in [-0.2, 0) is 0 Å². The molecular formula is C19H17N. The Balaban J connectivity index is 2.05. The Kier molecular flexibility index (Phi) is 3.34. The summed E-state index contributed by atoms with van der Waals surface area (Å²) in [6.07, 6.45) is 1.94. The summed E-state index contributed by atoms with van der Waals surface area (Å²) in [4.78, 5) is 4.54. The van der Waals surface area contributed by atoms with E-state index in [1.165, 1.54) is 22.3 Å². The second-order valence-electron chi connectivity index (χ2n) is 5.10. The van der Waals surface area contributed by atoms with Gasteiger partial charge in [0.25, 0.3) is 0 Å². The predicted molar refractivity (Wildman–Crippen MR) is 84.6 cm³/mol. The minimum absolute atomic E-state index is 1.03. The van der Waals surface area contributed by atoms with E-state index in [2.05, 4.69) is 73.4 Å². The van der Waals surface area contributed by atoms with Gasteiger partial charge in [0.1, 0.15) is 0 Å². The number of benzene rings is 2. The molecule has 20 heavy (non-hydrogen) atoms. The van der Waals surface area contributed by atoms with Gasteiger partial charge in [-0.15, -0.1) is 0 Å². The lowest BCUT2D eigenvalue weighted by molar-refractivity contribution is 1.22. The van der Waals surface area contributed by atoms with Crippen LogP contribution in [0.2, 0.25) is 0 Å². The van der Waals surface area contributed by atoms with Crippen molar-refractivity contribution in [1.29, 1.82) is 0 Å². The molecule has 0 aliphatic heterocycles. The highest BCUT2D eigenvalue weighted by Crippen LogP contribution is 2.25. The number of hydrogen-bond donors (Lipinski definition) is 0. The molecule has 3 rings (SSSR count). The van der Waals surface area contributed by atoms with Crippen LogP contribution in [0.4, 0.5) is 0 Å². The lowest BCUT2D eigenvalue weighted by Crippen LogP contribution is -1.88. The molecule has 1 nitrogen and oxygen atoms in total. The minimum Gasteiger partial charge on any atom is -0.256 e. The van der Waals surface area contributed by atoms with E-state index in [-0.39, 0.29) is 0 Å². The van der Waals surface area contributed by atoms with E-state index >= 15 is 0 Å². The van der Waals surface area contributed by atoms with Crippen molar-refractivity contribution in [3.63, 3.8) is 0 Å². The molecule has 3 aromatic rings. The number of pyridine rings is 1. The lowest BCUT2D eigenvalue weighted by Gasteiger charge is -2.07. The van der Waals surface area contributed by atoms with Crippen LogP contribution in [0.3, 0.4) is 0 Å². The summed E-state index contributed by atoms with van der Waals surface area (Å²) < 4.78 is 0. The van der Waals surface area contributed by atoms with Crippen molar-refractivity contribution in [3.05, 3.63) is 78.0 Å². The molecule has 0 spiro atoms. The maximum Gasteiger partial charge on any atom is 0.0705 e. The standard InChI is InChI=1S/C19H17N/c1-14-11-19(20-13-15(14)2)18-10-6-9-17(12-18)16-7-4-3-5-8-16/h3-13H,1-2H3. The molecule has 0 bridgehead atoms. The van der Waals surface area contributed by atoms with E-state index in [0.29, 0.717) is 0 Å². The van der Waals surface area contributed by atoms with E-state index in [9.17, 15) is 0 Å². The molecular weight excluding hydrogens is 242 g/mol. The molecule has 1 heterocycles. The number of aryl methyl sites for hydroxylation is 2. The first-order valence-electron chi connectivity index (χ1n) is 6.83. The molecule has 0 fully saturated rings. The molecule has 98 valence electrons. The monoisotopic (exact) mass is 259 g/mol. The summed E-state index contributed by atoms with van der Waals surface area (Å²) in [6.45, 7) is 4.22. The first-order valence-corrected chi connectivity index (χ1v) is 6.83. The zero-order valence-electron chi connectivity index (χ0n) is 11.8. The minimum atomic E-state index is 1.03. The average Bonchev–Trinajstić information content (AvgIpc) is 2.51. The largest absolute Gasteiger partial charge is 0.256 e. The maximum absolute atomic E-state index is 4.54. The Bertz CT molecular complexity index is 730. The summed E-state index contributed by atoms with van der Waals surface area (Å²) >= 11 is 0. The van der Waals surface area contributed by atoms with Crippen LogP contribution in [0, 0.1) is 13.8 Å². The number of aromatic nitrogens is 1. The smallest absolute Gasteiger partial charge is 0.0705 e. The normalized spacial score (nSPS) is 10.5. The van der Waals surface area contributed by atoms with Crippen molar-refractivity contribution in [2.45, 2.75) is 13.8 Å². The third-order valence-corrected chi connectivity index (χ3v) is 3.64. The third-order valence-electron chi connectivity index (χ3n) is 3.64. The first kappa shape index (κ1) is 12.6. The predicted octanol–water partition coefficient (Wildman–Crippen LogP) is 5.03. The van der Waals surface area contributed by atoms with Crippen molar-refractivity contribution in [2.75, 3.05) is 0 Å². The highest BCUT2D eigenvalue weighted by Gasteiger charge is 2.03. The summed E-state index contributed by atoms with van der Waals surface area (Å²) in [7, 11) is 0. The van der Waals surface area contributed by atoms with Gasteiger partial charge < -0.3 is 0 Å². The molecule has 0 radical (unpaired) electrons. The summed E-state index contributed by atoms with van der Waals surface area (Å²) in [5, 5.41) is 0. The van der Waals surface area contributed by atoms with Gasteiger partial charge in [-0.2, -0.15) is 0 Å². The molecule has 0 unspecified atom stereocenters. The van der Waals surface area contributed by atoms with Gasteiger partial charge in [0, 0.05) is 11.8 Å². The quantitative estimate of drug-likeness (QED) is 0.628. The molecule has 0 saturated carbocycles. The van der Waals surface area contributed by atoms with Gasteiger partial charge in [0.05, 0.1) is 5.69 Å². The van der Waals surface area contributed by atoms with Gasteiger partial charge in [0.2, 0.25) is 0 Å².